The number of aryl methyl sites for hydroxylation is 1. The quantitative estimate of drug-likeness (QED) is 0.889. The first-order chi connectivity index (χ1) is 11.1. The molecule has 122 valence electrons. The van der Waals surface area contributed by atoms with E-state index in [1.807, 2.05) is 25.2 Å². The molecule has 1 saturated heterocycles. The van der Waals surface area contributed by atoms with Crippen LogP contribution in [0.15, 0.2) is 30.6 Å². The van der Waals surface area contributed by atoms with Gasteiger partial charge in [-0.05, 0) is 24.6 Å². The van der Waals surface area contributed by atoms with Gasteiger partial charge in [0.2, 0.25) is 0 Å². The summed E-state index contributed by atoms with van der Waals surface area (Å²) in [6.07, 6.45) is 4.30. The zero-order valence-corrected chi connectivity index (χ0v) is 13.6. The van der Waals surface area contributed by atoms with Crippen LogP contribution >= 0.6 is 11.6 Å². The van der Waals surface area contributed by atoms with E-state index in [1.54, 1.807) is 17.1 Å². The van der Waals surface area contributed by atoms with E-state index < -0.39 is 0 Å². The van der Waals surface area contributed by atoms with Gasteiger partial charge in [-0.2, -0.15) is 5.10 Å². The smallest absolute Gasteiger partial charge is 0.315 e. The monoisotopic (exact) mass is 334 g/mol. The van der Waals surface area contributed by atoms with Crippen molar-refractivity contribution in [3.63, 3.8) is 0 Å². The van der Waals surface area contributed by atoms with Crippen molar-refractivity contribution in [2.75, 3.05) is 18.0 Å². The Hall–Kier alpha value is -2.28. The Balaban J connectivity index is 1.49. The third-order valence-electron chi connectivity index (χ3n) is 3.91. The van der Waals surface area contributed by atoms with Gasteiger partial charge in [0.25, 0.3) is 0 Å². The molecule has 2 N–H and O–H groups in total. The van der Waals surface area contributed by atoms with Gasteiger partial charge in [0.1, 0.15) is 5.82 Å². The lowest BCUT2D eigenvalue weighted by atomic mass is 10.3. The number of halogens is 1. The van der Waals surface area contributed by atoms with E-state index in [2.05, 4.69) is 25.6 Å². The van der Waals surface area contributed by atoms with Crippen molar-refractivity contribution in [2.45, 2.75) is 19.0 Å². The first kappa shape index (κ1) is 15.6. The van der Waals surface area contributed by atoms with Gasteiger partial charge in [-0.25, -0.2) is 9.78 Å². The fraction of sp³-hybridized carbons (Fsp3) is 0.400. The summed E-state index contributed by atoms with van der Waals surface area (Å²) < 4.78 is 1.74. The fourth-order valence-electron chi connectivity index (χ4n) is 2.66. The summed E-state index contributed by atoms with van der Waals surface area (Å²) in [7, 11) is 1.85. The number of rotatable bonds is 4. The molecule has 2 aromatic rings. The maximum absolute atomic E-state index is 12.0. The van der Waals surface area contributed by atoms with Gasteiger partial charge in [-0.15, -0.1) is 0 Å². The largest absolute Gasteiger partial charge is 0.353 e. The molecule has 1 atom stereocenters. The van der Waals surface area contributed by atoms with Gasteiger partial charge >= 0.3 is 6.03 Å². The van der Waals surface area contributed by atoms with Gasteiger partial charge in [0.05, 0.1) is 17.3 Å². The number of hydrogen-bond donors (Lipinski definition) is 2. The van der Waals surface area contributed by atoms with Crippen molar-refractivity contribution >= 4 is 23.4 Å². The highest BCUT2D eigenvalue weighted by Crippen LogP contribution is 2.25. The van der Waals surface area contributed by atoms with Crippen LogP contribution in [0.2, 0.25) is 5.02 Å². The van der Waals surface area contributed by atoms with Crippen LogP contribution in [0.4, 0.5) is 10.6 Å². The van der Waals surface area contributed by atoms with Crippen molar-refractivity contribution in [2.24, 2.45) is 7.05 Å². The van der Waals surface area contributed by atoms with E-state index in [0.717, 1.165) is 24.5 Å². The SMILES string of the molecule is Cn1nccc1CNC(=O)N[C@H]1CCN(c2ncccc2Cl)C1. The molecule has 0 bridgehead atoms. The standard InChI is InChI=1S/C15H19ClN6O/c1-21-12(4-7-19-21)9-18-15(23)20-11-5-8-22(10-11)14-13(16)3-2-6-17-14/h2-4,6-7,11H,5,8-10H2,1H3,(H2,18,20,23)/t11-/m0/s1. The normalized spacial score (nSPS) is 17.3. The van der Waals surface area contributed by atoms with Gasteiger partial charge in [-0.3, -0.25) is 4.68 Å². The van der Waals surface area contributed by atoms with Crippen LogP contribution in [0.5, 0.6) is 0 Å². The van der Waals surface area contributed by atoms with Crippen LogP contribution in [0.1, 0.15) is 12.1 Å². The minimum absolute atomic E-state index is 0.0830. The number of carbonyl (C=O) groups excluding carboxylic acids is 1. The molecule has 2 amide bonds. The van der Waals surface area contributed by atoms with Crippen LogP contribution < -0.4 is 15.5 Å². The maximum Gasteiger partial charge on any atom is 0.315 e. The average Bonchev–Trinajstić information content (AvgIpc) is 3.15. The second-order valence-electron chi connectivity index (χ2n) is 5.51. The molecule has 23 heavy (non-hydrogen) atoms. The van der Waals surface area contributed by atoms with E-state index in [1.165, 1.54) is 0 Å². The van der Waals surface area contributed by atoms with Crippen molar-refractivity contribution < 1.29 is 4.79 Å². The predicted molar refractivity (Wildman–Crippen MR) is 88.4 cm³/mol. The maximum atomic E-state index is 12.0. The van der Waals surface area contributed by atoms with E-state index in [-0.39, 0.29) is 12.1 Å². The Morgan fingerprint density at radius 3 is 3.04 bits per heavy atom. The van der Waals surface area contributed by atoms with Gasteiger partial charge in [0.15, 0.2) is 0 Å². The number of amides is 2. The molecule has 0 radical (unpaired) electrons. The molecule has 8 heteroatoms. The number of hydrogen-bond acceptors (Lipinski definition) is 4. The number of carbonyl (C=O) groups is 1. The van der Waals surface area contributed by atoms with Gasteiger partial charge in [-0.1, -0.05) is 11.6 Å². The molecule has 0 aromatic carbocycles. The van der Waals surface area contributed by atoms with Gasteiger partial charge < -0.3 is 15.5 Å². The first-order valence-electron chi connectivity index (χ1n) is 7.50. The molecular formula is C15H19ClN6O. The predicted octanol–water partition coefficient (Wildman–Crippen LogP) is 1.55. The lowest BCUT2D eigenvalue weighted by Gasteiger charge is -2.19. The molecule has 1 aliphatic heterocycles. The topological polar surface area (TPSA) is 75.1 Å². The van der Waals surface area contributed by atoms with Crippen molar-refractivity contribution in [1.82, 2.24) is 25.4 Å². The molecule has 1 aliphatic rings. The number of nitrogens with one attached hydrogen (secondary N) is 2. The highest BCUT2D eigenvalue weighted by atomic mass is 35.5. The Morgan fingerprint density at radius 2 is 2.30 bits per heavy atom. The molecule has 0 unspecified atom stereocenters. The van der Waals surface area contributed by atoms with Crippen molar-refractivity contribution in [1.29, 1.82) is 0 Å². The van der Waals surface area contributed by atoms with E-state index in [0.29, 0.717) is 18.1 Å². The Bertz CT molecular complexity index is 688. The van der Waals surface area contributed by atoms with Crippen molar-refractivity contribution in [3.8, 4) is 0 Å². The zero-order chi connectivity index (χ0) is 16.2. The number of pyridine rings is 1. The summed E-state index contributed by atoms with van der Waals surface area (Å²) in [4.78, 5) is 18.4. The van der Waals surface area contributed by atoms with E-state index in [9.17, 15) is 4.79 Å². The lowest BCUT2D eigenvalue weighted by Crippen LogP contribution is -2.43. The number of aromatic nitrogens is 3. The average molecular weight is 335 g/mol. The Morgan fingerprint density at radius 1 is 1.43 bits per heavy atom. The molecular weight excluding hydrogens is 316 g/mol. The third kappa shape index (κ3) is 3.73. The molecule has 0 aliphatic carbocycles. The summed E-state index contributed by atoms with van der Waals surface area (Å²) in [6, 6.07) is 5.42. The molecule has 7 nitrogen and oxygen atoms in total. The third-order valence-corrected chi connectivity index (χ3v) is 4.21. The first-order valence-corrected chi connectivity index (χ1v) is 7.88. The highest BCUT2D eigenvalue weighted by molar-refractivity contribution is 6.32. The summed E-state index contributed by atoms with van der Waals surface area (Å²) in [5.41, 5.74) is 0.952. The molecule has 3 rings (SSSR count). The number of nitrogens with zero attached hydrogens (tertiary/aromatic N) is 4. The lowest BCUT2D eigenvalue weighted by molar-refractivity contribution is 0.237. The minimum atomic E-state index is -0.176. The summed E-state index contributed by atoms with van der Waals surface area (Å²) in [5.74, 6) is 0.772. The molecule has 3 heterocycles. The van der Waals surface area contributed by atoms with E-state index >= 15 is 0 Å². The highest BCUT2D eigenvalue weighted by Gasteiger charge is 2.25. The minimum Gasteiger partial charge on any atom is -0.353 e. The summed E-state index contributed by atoms with van der Waals surface area (Å²) >= 11 is 6.17. The number of anilines is 1. The summed E-state index contributed by atoms with van der Waals surface area (Å²) in [5, 5.41) is 10.5. The zero-order valence-electron chi connectivity index (χ0n) is 12.9. The van der Waals surface area contributed by atoms with Crippen LogP contribution in [0.25, 0.3) is 0 Å². The second kappa shape index (κ2) is 6.87. The summed E-state index contributed by atoms with van der Waals surface area (Å²) in [6.45, 7) is 1.98. The van der Waals surface area contributed by atoms with E-state index in [4.69, 9.17) is 11.6 Å². The molecule has 0 spiro atoms. The fourth-order valence-corrected chi connectivity index (χ4v) is 2.90. The van der Waals surface area contributed by atoms with Crippen LogP contribution in [-0.2, 0) is 13.6 Å². The van der Waals surface area contributed by atoms with Crippen LogP contribution in [-0.4, -0.2) is 39.9 Å². The second-order valence-corrected chi connectivity index (χ2v) is 5.92. The van der Waals surface area contributed by atoms with Gasteiger partial charge in [0, 0.05) is 38.6 Å². The van der Waals surface area contributed by atoms with Crippen LogP contribution in [0.3, 0.4) is 0 Å². The molecule has 2 aromatic heterocycles. The number of urea groups is 1. The Labute approximate surface area is 139 Å². The molecule has 1 fully saturated rings. The molecule has 0 saturated carbocycles. The Kier molecular flexibility index (Phi) is 4.66. The van der Waals surface area contributed by atoms with Crippen molar-refractivity contribution in [3.05, 3.63) is 41.3 Å². The van der Waals surface area contributed by atoms with Crippen LogP contribution in [0, 0.1) is 0 Å².